The van der Waals surface area contributed by atoms with E-state index in [1.54, 1.807) is 0 Å². The summed E-state index contributed by atoms with van der Waals surface area (Å²) in [7, 11) is 0. The molecule has 2 aliphatic rings. The van der Waals surface area contributed by atoms with Crippen molar-refractivity contribution < 1.29 is 15.3 Å². The smallest absolute Gasteiger partial charge is 0.288 e. The molecule has 1 atom stereocenters. The molecule has 0 unspecified atom stereocenters. The quantitative estimate of drug-likeness (QED) is 0.586. The molecule has 2 fully saturated rings. The largest absolute Gasteiger partial charge is 0.347 e. The molecule has 0 aromatic carbocycles. The second kappa shape index (κ2) is 3.69. The molecule has 4 nitrogen and oxygen atoms in total. The minimum Gasteiger partial charge on any atom is -0.347 e. The molecule has 1 aliphatic carbocycles. The van der Waals surface area contributed by atoms with Gasteiger partial charge in [0.25, 0.3) is 5.91 Å². The standard InChI is InChI=1S/C10H16N2O2/c11-8-6-9(13)12(10(8)14)7-4-2-1-3-5-7/h7-8H,1-6,11H2/p+1/t8-/m1/s1. The number of rotatable bonds is 1. The Morgan fingerprint density at radius 2 is 1.79 bits per heavy atom. The molecule has 0 aromatic heterocycles. The van der Waals surface area contributed by atoms with Crippen LogP contribution >= 0.6 is 0 Å². The predicted molar refractivity (Wildman–Crippen MR) is 50.0 cm³/mol. The van der Waals surface area contributed by atoms with E-state index in [4.69, 9.17) is 0 Å². The van der Waals surface area contributed by atoms with Crippen LogP contribution in [0.2, 0.25) is 0 Å². The number of amides is 2. The van der Waals surface area contributed by atoms with Crippen LogP contribution in [0.5, 0.6) is 0 Å². The van der Waals surface area contributed by atoms with Crippen LogP contribution in [0.4, 0.5) is 0 Å². The van der Waals surface area contributed by atoms with Crippen molar-refractivity contribution in [3.05, 3.63) is 0 Å². The molecule has 1 aliphatic heterocycles. The van der Waals surface area contributed by atoms with Gasteiger partial charge in [0.15, 0.2) is 6.04 Å². The average molecular weight is 197 g/mol. The number of carbonyl (C=O) groups is 2. The van der Waals surface area contributed by atoms with Crippen molar-refractivity contribution >= 4 is 11.8 Å². The lowest BCUT2D eigenvalue weighted by molar-refractivity contribution is -0.400. The molecule has 4 heteroatoms. The van der Waals surface area contributed by atoms with E-state index in [-0.39, 0.29) is 23.9 Å². The normalized spacial score (nSPS) is 30.1. The second-order valence-electron chi connectivity index (χ2n) is 4.29. The Kier molecular flexibility index (Phi) is 2.54. The average Bonchev–Trinajstić information content (AvgIpc) is 2.43. The highest BCUT2D eigenvalue weighted by Crippen LogP contribution is 2.26. The summed E-state index contributed by atoms with van der Waals surface area (Å²) in [6, 6.07) is -0.153. The third kappa shape index (κ3) is 1.54. The maximum Gasteiger partial charge on any atom is 0.288 e. The van der Waals surface area contributed by atoms with E-state index in [0.29, 0.717) is 6.42 Å². The number of carbonyl (C=O) groups excluding carboxylic acids is 2. The van der Waals surface area contributed by atoms with Crippen LogP contribution in [0.3, 0.4) is 0 Å². The first-order valence-corrected chi connectivity index (χ1v) is 5.39. The predicted octanol–water partition coefficient (Wildman–Crippen LogP) is -0.312. The third-order valence-corrected chi connectivity index (χ3v) is 3.22. The van der Waals surface area contributed by atoms with Crippen molar-refractivity contribution in [3.8, 4) is 0 Å². The minimum atomic E-state index is -0.329. The molecule has 14 heavy (non-hydrogen) atoms. The molecular weight excluding hydrogens is 180 g/mol. The lowest BCUT2D eigenvalue weighted by Crippen LogP contribution is -2.64. The summed E-state index contributed by atoms with van der Waals surface area (Å²) in [5.74, 6) is -0.0659. The zero-order valence-corrected chi connectivity index (χ0v) is 8.37. The topological polar surface area (TPSA) is 65.0 Å². The number of nitrogens with zero attached hydrogens (tertiary/aromatic N) is 1. The van der Waals surface area contributed by atoms with E-state index in [0.717, 1.165) is 25.7 Å². The Morgan fingerprint density at radius 3 is 2.29 bits per heavy atom. The summed E-state index contributed by atoms with van der Waals surface area (Å²) in [6.45, 7) is 0. The van der Waals surface area contributed by atoms with Crippen LogP contribution in [0.25, 0.3) is 0 Å². The first-order chi connectivity index (χ1) is 6.70. The van der Waals surface area contributed by atoms with Gasteiger partial charge in [0, 0.05) is 6.04 Å². The fourth-order valence-electron chi connectivity index (χ4n) is 2.44. The van der Waals surface area contributed by atoms with E-state index in [9.17, 15) is 9.59 Å². The summed E-state index contributed by atoms with van der Waals surface area (Å²) in [6.07, 6.45) is 5.82. The van der Waals surface area contributed by atoms with E-state index < -0.39 is 0 Å². The first-order valence-electron chi connectivity index (χ1n) is 5.39. The molecule has 1 saturated carbocycles. The van der Waals surface area contributed by atoms with E-state index in [1.165, 1.54) is 11.3 Å². The zero-order chi connectivity index (χ0) is 10.1. The van der Waals surface area contributed by atoms with Gasteiger partial charge in [0.05, 0.1) is 6.42 Å². The fraction of sp³-hybridized carbons (Fsp3) is 0.800. The molecule has 0 radical (unpaired) electrons. The Bertz CT molecular complexity index is 259. The molecule has 3 N–H and O–H groups in total. The fourth-order valence-corrected chi connectivity index (χ4v) is 2.44. The Morgan fingerprint density at radius 1 is 1.14 bits per heavy atom. The van der Waals surface area contributed by atoms with Crippen molar-refractivity contribution in [2.45, 2.75) is 50.6 Å². The molecule has 0 bridgehead atoms. The van der Waals surface area contributed by atoms with Crippen molar-refractivity contribution in [2.24, 2.45) is 0 Å². The molecule has 78 valence electrons. The monoisotopic (exact) mass is 197 g/mol. The molecule has 0 spiro atoms. The van der Waals surface area contributed by atoms with Gasteiger partial charge in [-0.1, -0.05) is 19.3 Å². The van der Waals surface area contributed by atoms with Crippen LogP contribution in [-0.4, -0.2) is 28.8 Å². The van der Waals surface area contributed by atoms with E-state index in [2.05, 4.69) is 5.73 Å². The van der Waals surface area contributed by atoms with Gasteiger partial charge in [-0.2, -0.15) is 0 Å². The second-order valence-corrected chi connectivity index (χ2v) is 4.29. The van der Waals surface area contributed by atoms with Crippen LogP contribution < -0.4 is 5.73 Å². The Hall–Kier alpha value is -0.900. The van der Waals surface area contributed by atoms with Crippen molar-refractivity contribution in [2.75, 3.05) is 0 Å². The summed E-state index contributed by atoms with van der Waals surface area (Å²) >= 11 is 0. The Labute approximate surface area is 83.4 Å². The number of likely N-dealkylation sites (tertiary alicyclic amines) is 1. The zero-order valence-electron chi connectivity index (χ0n) is 8.37. The summed E-state index contributed by atoms with van der Waals surface area (Å²) in [4.78, 5) is 24.7. The molecule has 1 heterocycles. The van der Waals surface area contributed by atoms with Gasteiger partial charge in [-0.3, -0.25) is 14.5 Å². The number of hydrogen-bond acceptors (Lipinski definition) is 2. The molecule has 1 saturated heterocycles. The third-order valence-electron chi connectivity index (χ3n) is 3.22. The summed E-state index contributed by atoms with van der Waals surface area (Å²) < 4.78 is 0. The molecular formula is C10H17N2O2+. The highest BCUT2D eigenvalue weighted by Gasteiger charge is 2.42. The van der Waals surface area contributed by atoms with Crippen LogP contribution in [0.15, 0.2) is 0 Å². The van der Waals surface area contributed by atoms with E-state index >= 15 is 0 Å². The van der Waals surface area contributed by atoms with Gasteiger partial charge in [-0.15, -0.1) is 0 Å². The lowest BCUT2D eigenvalue weighted by Gasteiger charge is -2.28. The first kappa shape index (κ1) is 9.65. The van der Waals surface area contributed by atoms with Gasteiger partial charge in [-0.25, -0.2) is 0 Å². The van der Waals surface area contributed by atoms with Crippen LogP contribution in [-0.2, 0) is 9.59 Å². The van der Waals surface area contributed by atoms with Crippen LogP contribution in [0.1, 0.15) is 38.5 Å². The highest BCUT2D eigenvalue weighted by molar-refractivity contribution is 6.04. The van der Waals surface area contributed by atoms with Gasteiger partial charge >= 0.3 is 0 Å². The van der Waals surface area contributed by atoms with Crippen molar-refractivity contribution in [1.29, 1.82) is 0 Å². The van der Waals surface area contributed by atoms with Crippen molar-refractivity contribution in [3.63, 3.8) is 0 Å². The molecule has 2 rings (SSSR count). The maximum atomic E-state index is 11.7. The molecule has 2 amide bonds. The van der Waals surface area contributed by atoms with Crippen LogP contribution in [0, 0.1) is 0 Å². The summed E-state index contributed by atoms with van der Waals surface area (Å²) in [5.41, 5.74) is 3.70. The molecule has 0 aromatic rings. The highest BCUT2D eigenvalue weighted by atomic mass is 16.2. The Balaban J connectivity index is 2.08. The number of hydrogen-bond donors (Lipinski definition) is 1. The minimum absolute atomic E-state index is 0.0121. The lowest BCUT2D eigenvalue weighted by atomic mass is 9.94. The summed E-state index contributed by atoms with van der Waals surface area (Å²) in [5, 5.41) is 0. The number of quaternary nitrogens is 1. The number of imide groups is 1. The van der Waals surface area contributed by atoms with Gasteiger partial charge < -0.3 is 5.73 Å². The van der Waals surface area contributed by atoms with Gasteiger partial charge in [0.2, 0.25) is 5.91 Å². The van der Waals surface area contributed by atoms with Crippen molar-refractivity contribution in [1.82, 2.24) is 4.90 Å². The maximum absolute atomic E-state index is 11.7. The SMILES string of the molecule is [NH3+][C@@H]1CC(=O)N(C2CCCCC2)C1=O. The van der Waals surface area contributed by atoms with Gasteiger partial charge in [0.1, 0.15) is 0 Å². The van der Waals surface area contributed by atoms with Gasteiger partial charge in [-0.05, 0) is 12.8 Å². The van der Waals surface area contributed by atoms with E-state index in [1.807, 2.05) is 0 Å².